The maximum Gasteiger partial charge on any atom is 0.226 e. The molecule has 0 saturated carbocycles. The van der Waals surface area contributed by atoms with E-state index in [1.54, 1.807) is 0 Å². The van der Waals surface area contributed by atoms with E-state index in [1.165, 1.54) is 0 Å². The van der Waals surface area contributed by atoms with E-state index in [9.17, 15) is 0 Å². The minimum absolute atomic E-state index is 0.0827. The third-order valence-electron chi connectivity index (χ3n) is 2.97. The Bertz CT molecular complexity index is 596. The molecule has 1 unspecified atom stereocenters. The molecular weight excluding hydrogens is 264 g/mol. The van der Waals surface area contributed by atoms with Crippen molar-refractivity contribution in [1.82, 2.24) is 9.97 Å². The molecule has 1 heterocycles. The van der Waals surface area contributed by atoms with E-state index in [4.69, 9.17) is 10.5 Å². The van der Waals surface area contributed by atoms with Crippen LogP contribution in [0.1, 0.15) is 38.1 Å². The lowest BCUT2D eigenvalue weighted by Gasteiger charge is -2.16. The van der Waals surface area contributed by atoms with Crippen LogP contribution in [0.5, 0.6) is 5.88 Å². The third kappa shape index (κ3) is 4.34. The Morgan fingerprint density at radius 2 is 1.76 bits per heavy atom. The fourth-order valence-electron chi connectivity index (χ4n) is 1.97. The molecule has 21 heavy (non-hydrogen) atoms. The van der Waals surface area contributed by atoms with Crippen molar-refractivity contribution < 1.29 is 4.74 Å². The van der Waals surface area contributed by atoms with Crippen LogP contribution in [-0.2, 0) is 0 Å². The summed E-state index contributed by atoms with van der Waals surface area (Å²) in [7, 11) is 0. The van der Waals surface area contributed by atoms with Crippen LogP contribution in [0.2, 0.25) is 0 Å². The van der Waals surface area contributed by atoms with Gasteiger partial charge in [0.15, 0.2) is 0 Å². The lowest BCUT2D eigenvalue weighted by Crippen LogP contribution is -2.12. The highest BCUT2D eigenvalue weighted by atomic mass is 16.5. The number of nitrogens with two attached hydrogens (primary N) is 1. The van der Waals surface area contributed by atoms with Gasteiger partial charge in [-0.2, -0.15) is 4.98 Å². The van der Waals surface area contributed by atoms with Gasteiger partial charge in [-0.05, 0) is 45.4 Å². The minimum atomic E-state index is 0.0827. The van der Waals surface area contributed by atoms with Gasteiger partial charge in [-0.25, -0.2) is 4.98 Å². The Kier molecular flexibility index (Phi) is 4.62. The maximum absolute atomic E-state index is 5.70. The molecule has 0 aliphatic rings. The molecule has 5 heteroatoms. The molecule has 0 fully saturated rings. The van der Waals surface area contributed by atoms with Crippen molar-refractivity contribution in [2.75, 3.05) is 11.1 Å². The van der Waals surface area contributed by atoms with E-state index in [1.807, 2.05) is 51.1 Å². The predicted molar refractivity (Wildman–Crippen MR) is 85.4 cm³/mol. The smallest absolute Gasteiger partial charge is 0.226 e. The number of hydrogen-bond acceptors (Lipinski definition) is 5. The molecular formula is C16H22N4O. The Balaban J connectivity index is 2.14. The summed E-state index contributed by atoms with van der Waals surface area (Å²) in [5, 5.41) is 3.29. The van der Waals surface area contributed by atoms with E-state index in [-0.39, 0.29) is 12.1 Å². The van der Waals surface area contributed by atoms with Crippen molar-refractivity contribution in [3.63, 3.8) is 0 Å². The van der Waals surface area contributed by atoms with Crippen molar-refractivity contribution >= 4 is 11.6 Å². The fourth-order valence-corrected chi connectivity index (χ4v) is 1.97. The number of nitrogen functional groups attached to an aromatic ring is 1. The zero-order valence-electron chi connectivity index (χ0n) is 12.9. The molecule has 0 amide bonds. The summed E-state index contributed by atoms with van der Waals surface area (Å²) >= 11 is 0. The van der Waals surface area contributed by atoms with Crippen LogP contribution in [0.25, 0.3) is 0 Å². The van der Waals surface area contributed by atoms with Crippen molar-refractivity contribution in [3.8, 4) is 5.88 Å². The van der Waals surface area contributed by atoms with Gasteiger partial charge in [0.2, 0.25) is 11.8 Å². The number of aryl methyl sites for hydroxylation is 1. The number of anilines is 2. The lowest BCUT2D eigenvalue weighted by atomic mass is 10.1. The number of aromatic nitrogens is 2. The van der Waals surface area contributed by atoms with Crippen LogP contribution in [0.3, 0.4) is 0 Å². The second kappa shape index (κ2) is 6.43. The molecule has 0 bridgehead atoms. The van der Waals surface area contributed by atoms with Crippen LogP contribution in [0.4, 0.5) is 11.6 Å². The first-order valence-electron chi connectivity index (χ1n) is 7.08. The molecule has 2 rings (SSSR count). The van der Waals surface area contributed by atoms with Gasteiger partial charge in [-0.15, -0.1) is 0 Å². The summed E-state index contributed by atoms with van der Waals surface area (Å²) in [6.45, 7) is 7.93. The molecule has 1 aromatic heterocycles. The Morgan fingerprint density at radius 3 is 2.38 bits per heavy atom. The summed E-state index contributed by atoms with van der Waals surface area (Å²) in [4.78, 5) is 8.78. The largest absolute Gasteiger partial charge is 0.475 e. The zero-order chi connectivity index (χ0) is 15.4. The van der Waals surface area contributed by atoms with Gasteiger partial charge in [0, 0.05) is 17.4 Å². The summed E-state index contributed by atoms with van der Waals surface area (Å²) in [6.07, 6.45) is 0.0849. The predicted octanol–water partition coefficient (Wildman–Crippen LogP) is 3.33. The van der Waals surface area contributed by atoms with Crippen molar-refractivity contribution in [3.05, 3.63) is 41.6 Å². The van der Waals surface area contributed by atoms with E-state index >= 15 is 0 Å². The Hall–Kier alpha value is -2.30. The molecule has 0 aliphatic heterocycles. The van der Waals surface area contributed by atoms with Gasteiger partial charge < -0.3 is 15.8 Å². The highest BCUT2D eigenvalue weighted by Gasteiger charge is 2.09. The average Bonchev–Trinajstić information content (AvgIpc) is 2.37. The van der Waals surface area contributed by atoms with Crippen molar-refractivity contribution in [2.45, 2.75) is 39.8 Å². The van der Waals surface area contributed by atoms with Crippen LogP contribution < -0.4 is 15.8 Å². The van der Waals surface area contributed by atoms with E-state index in [2.05, 4.69) is 22.2 Å². The minimum Gasteiger partial charge on any atom is -0.475 e. The molecule has 5 nitrogen and oxygen atoms in total. The molecule has 0 aliphatic carbocycles. The molecule has 1 atom stereocenters. The fraction of sp³-hybridized carbons (Fsp3) is 0.375. The number of ether oxygens (including phenoxy) is 1. The monoisotopic (exact) mass is 286 g/mol. The highest BCUT2D eigenvalue weighted by Crippen LogP contribution is 2.20. The molecule has 3 N–H and O–H groups in total. The number of nitrogens with one attached hydrogen (secondary N) is 1. The maximum atomic E-state index is 5.70. The van der Waals surface area contributed by atoms with Crippen LogP contribution in [0, 0.1) is 6.92 Å². The molecule has 1 aromatic carbocycles. The van der Waals surface area contributed by atoms with Gasteiger partial charge in [0.25, 0.3) is 0 Å². The highest BCUT2D eigenvalue weighted by molar-refractivity contribution is 5.42. The van der Waals surface area contributed by atoms with Crippen molar-refractivity contribution in [2.24, 2.45) is 0 Å². The van der Waals surface area contributed by atoms with Gasteiger partial charge >= 0.3 is 0 Å². The molecule has 0 spiro atoms. The molecule has 0 radical (unpaired) electrons. The molecule has 112 valence electrons. The van der Waals surface area contributed by atoms with E-state index in [0.717, 1.165) is 16.9 Å². The second-order valence-electron chi connectivity index (χ2n) is 5.37. The number of rotatable bonds is 5. The van der Waals surface area contributed by atoms with E-state index < -0.39 is 0 Å². The first kappa shape index (κ1) is 15.1. The number of benzene rings is 1. The Morgan fingerprint density at radius 1 is 1.10 bits per heavy atom. The number of nitrogens with zero attached hydrogens (tertiary/aromatic N) is 2. The van der Waals surface area contributed by atoms with Crippen LogP contribution in [0.15, 0.2) is 30.3 Å². The summed E-state index contributed by atoms with van der Waals surface area (Å²) < 4.78 is 5.63. The normalized spacial score (nSPS) is 12.2. The summed E-state index contributed by atoms with van der Waals surface area (Å²) in [6, 6.07) is 9.68. The van der Waals surface area contributed by atoms with Gasteiger partial charge in [-0.1, -0.05) is 12.1 Å². The average molecular weight is 286 g/mol. The first-order valence-corrected chi connectivity index (χ1v) is 7.08. The SMILES string of the molecule is Cc1cc(OC(C)C)nc(NC(C)c2ccc(N)cc2)n1. The Labute approximate surface area is 125 Å². The molecule has 2 aromatic rings. The van der Waals surface area contributed by atoms with Crippen LogP contribution in [-0.4, -0.2) is 16.1 Å². The second-order valence-corrected chi connectivity index (χ2v) is 5.37. The standard InChI is InChI=1S/C16H22N4O/c1-10(2)21-15-9-11(3)18-16(20-15)19-12(4)13-5-7-14(17)8-6-13/h5-10,12H,17H2,1-4H3,(H,18,19,20). The zero-order valence-corrected chi connectivity index (χ0v) is 12.9. The van der Waals surface area contributed by atoms with Gasteiger partial charge in [0.05, 0.1) is 12.1 Å². The molecule has 0 saturated heterocycles. The summed E-state index contributed by atoms with van der Waals surface area (Å²) in [5.41, 5.74) is 8.45. The van der Waals surface area contributed by atoms with Gasteiger partial charge in [-0.3, -0.25) is 0 Å². The quantitative estimate of drug-likeness (QED) is 0.825. The summed E-state index contributed by atoms with van der Waals surface area (Å²) in [5.74, 6) is 1.15. The van der Waals surface area contributed by atoms with Crippen LogP contribution >= 0.6 is 0 Å². The van der Waals surface area contributed by atoms with E-state index in [0.29, 0.717) is 11.8 Å². The third-order valence-corrected chi connectivity index (χ3v) is 2.97. The lowest BCUT2D eigenvalue weighted by molar-refractivity contribution is 0.232. The topological polar surface area (TPSA) is 73.1 Å². The van der Waals surface area contributed by atoms with Crippen molar-refractivity contribution in [1.29, 1.82) is 0 Å². The van der Waals surface area contributed by atoms with Gasteiger partial charge in [0.1, 0.15) is 0 Å². The first-order chi connectivity index (χ1) is 9.94. The number of hydrogen-bond donors (Lipinski definition) is 2.